The van der Waals surface area contributed by atoms with Gasteiger partial charge in [-0.15, -0.1) is 0 Å². The van der Waals surface area contributed by atoms with E-state index in [1.807, 2.05) is 36.4 Å². The molecule has 0 bridgehead atoms. The SMILES string of the molecule is CC(C)c1ccc2c(c1)c(N(c1ccccc1)c1ccc(-c3cccc4c3oc3ccccc34)cc1)cc1c3ccc(C(C)C)cc3c(N(c3ccccc3)c3ccc(-c4cccc5c4oc4ccccc45)cc3)cc21.Cc1ccc2c(c1)c(N(c1ccccc1)c1ccc(-c3cccc4c3oc3ccccc34)cc1)cc1c3ccc(C)cc3c(N(c3ccccc3)c3ccc(-c4cccc5c4oc4ccccc45)cc3)cc21. The molecule has 0 radical (unpaired) electrons. The quantitative estimate of drug-likeness (QED) is 0.0788. The molecule has 4 aromatic heterocycles. The number of furan rings is 4. The largest absolute Gasteiger partial charge is 0.455 e. The molecule has 0 fully saturated rings. The van der Waals surface area contributed by atoms with Crippen molar-refractivity contribution < 1.29 is 17.7 Å². The standard InChI is InChI=1S/C72H54N2O2.C68H46N2O2/c1-45(2)49-33-39-57-63-44-68(74(52-19-9-6-10-20-52)54-37-31-48(32-38-54)56-24-16-26-62-60-22-12-14-28-70(60)76-72(56)62)66-42-50(46(3)4)34-40-58(66)64(63)43-67(65(57)41-49)73(51-17-7-5-8-18-51)53-35-29-47(30-36-53)55-23-15-25-61-59-21-11-13-27-69(59)75-71(55)61;1-43-27-37-53-59-42-64(70(48-17-7-4-8-18-48)50-35-31-46(32-36-50)52-22-14-24-58-56-20-10-12-26-66(56)72-68(52)58)62-40-44(2)28-38-54(62)60(59)41-63(61(53)39-43)69(47-15-5-3-6-16-47)49-33-29-45(30-34-49)51-21-13-23-57-55-19-9-11-25-65(55)71-67(51)57/h5-46H,1-4H3;3-42H,1-2H3. The predicted molar refractivity (Wildman–Crippen MR) is 625 cm³/mol. The topological polar surface area (TPSA) is 65.5 Å². The molecule has 0 amide bonds. The lowest BCUT2D eigenvalue weighted by Crippen LogP contribution is -2.12. The Bertz CT molecular complexity index is 9490. The van der Waals surface area contributed by atoms with Crippen LogP contribution in [0.2, 0.25) is 0 Å². The minimum Gasteiger partial charge on any atom is -0.455 e. The van der Waals surface area contributed by atoms with E-state index in [2.05, 4.69) is 510 Å². The highest BCUT2D eigenvalue weighted by molar-refractivity contribution is 6.28. The number of benzene rings is 24. The van der Waals surface area contributed by atoms with Crippen molar-refractivity contribution in [3.63, 3.8) is 0 Å². The van der Waals surface area contributed by atoms with E-state index in [0.717, 1.165) is 201 Å². The van der Waals surface area contributed by atoms with Gasteiger partial charge in [-0.25, -0.2) is 0 Å². The van der Waals surface area contributed by atoms with Crippen LogP contribution in [0.4, 0.5) is 68.2 Å². The molecule has 0 unspecified atom stereocenters. The van der Waals surface area contributed by atoms with E-state index in [1.165, 1.54) is 86.9 Å². The van der Waals surface area contributed by atoms with Gasteiger partial charge >= 0.3 is 0 Å². The number of rotatable bonds is 18. The molecule has 28 aromatic rings. The number of anilines is 12. The Morgan fingerprint density at radius 1 is 0.155 bits per heavy atom. The maximum absolute atomic E-state index is 6.53. The zero-order valence-corrected chi connectivity index (χ0v) is 82.8. The summed E-state index contributed by atoms with van der Waals surface area (Å²) >= 11 is 0. The Labute approximate surface area is 857 Å². The average Bonchev–Trinajstić information content (AvgIpc) is 0.973. The first kappa shape index (κ1) is 88.2. The first-order valence-electron chi connectivity index (χ1n) is 51.2. The van der Waals surface area contributed by atoms with Gasteiger partial charge < -0.3 is 37.3 Å². The van der Waals surface area contributed by atoms with E-state index >= 15 is 0 Å². The molecule has 0 saturated carbocycles. The van der Waals surface area contributed by atoms with Gasteiger partial charge in [-0.3, -0.25) is 0 Å². The third-order valence-electron chi connectivity index (χ3n) is 30.1. The highest BCUT2D eigenvalue weighted by Crippen LogP contribution is 2.54. The highest BCUT2D eigenvalue weighted by Gasteiger charge is 2.29. The van der Waals surface area contributed by atoms with Crippen LogP contribution in [0.15, 0.2) is 503 Å². The fourth-order valence-corrected chi connectivity index (χ4v) is 22.8. The van der Waals surface area contributed by atoms with Crippen molar-refractivity contribution in [1.29, 1.82) is 0 Å². The first-order valence-corrected chi connectivity index (χ1v) is 51.2. The molecule has 28 rings (SSSR count). The van der Waals surface area contributed by atoms with Gasteiger partial charge in [-0.05, 0) is 272 Å². The average molecular weight is 1900 g/mol. The lowest BCUT2D eigenvalue weighted by Gasteiger charge is -2.30. The molecule has 148 heavy (non-hydrogen) atoms. The van der Waals surface area contributed by atoms with Crippen molar-refractivity contribution in [2.75, 3.05) is 19.6 Å². The van der Waals surface area contributed by atoms with Crippen molar-refractivity contribution >= 4 is 221 Å². The van der Waals surface area contributed by atoms with E-state index in [0.29, 0.717) is 11.8 Å². The molecule has 0 spiro atoms. The third kappa shape index (κ3) is 15.2. The zero-order valence-electron chi connectivity index (χ0n) is 82.8. The number of aryl methyl sites for hydroxylation is 2. The zero-order chi connectivity index (χ0) is 98.9. The van der Waals surface area contributed by atoms with Crippen molar-refractivity contribution in [3.05, 3.63) is 508 Å². The highest BCUT2D eigenvalue weighted by atomic mass is 16.3. The van der Waals surface area contributed by atoms with Crippen LogP contribution in [0.25, 0.3) is 197 Å². The molecule has 0 saturated heterocycles. The number of hydrogen-bond acceptors (Lipinski definition) is 8. The fourth-order valence-electron chi connectivity index (χ4n) is 22.8. The van der Waals surface area contributed by atoms with Gasteiger partial charge in [-0.1, -0.05) is 354 Å². The second-order valence-corrected chi connectivity index (χ2v) is 39.8. The minimum absolute atomic E-state index is 0.329. The number of nitrogens with zero attached hydrogens (tertiary/aromatic N) is 4. The third-order valence-corrected chi connectivity index (χ3v) is 30.1. The maximum atomic E-state index is 6.53. The van der Waals surface area contributed by atoms with Gasteiger partial charge in [0.2, 0.25) is 0 Å². The van der Waals surface area contributed by atoms with Gasteiger partial charge in [0.05, 0.1) is 22.7 Å². The molecule has 704 valence electrons. The number of fused-ring (bicyclic) bond motifs is 22. The van der Waals surface area contributed by atoms with Gasteiger partial charge in [0.25, 0.3) is 0 Å². The maximum Gasteiger partial charge on any atom is 0.143 e. The Balaban J connectivity index is 0.000000146. The summed E-state index contributed by atoms with van der Waals surface area (Å²) in [5.41, 5.74) is 34.0. The minimum atomic E-state index is 0.329. The molecule has 8 nitrogen and oxygen atoms in total. The van der Waals surface area contributed by atoms with Gasteiger partial charge in [0.15, 0.2) is 0 Å². The molecule has 0 aliphatic heterocycles. The van der Waals surface area contributed by atoms with Gasteiger partial charge in [0, 0.05) is 132 Å². The monoisotopic (exact) mass is 1900 g/mol. The summed E-state index contributed by atoms with van der Waals surface area (Å²) in [7, 11) is 0. The summed E-state index contributed by atoms with van der Waals surface area (Å²) in [5, 5.41) is 23.3. The molecular formula is C140H100N4O4. The molecule has 0 aliphatic rings. The Morgan fingerprint density at radius 3 is 0.608 bits per heavy atom. The molecule has 24 aromatic carbocycles. The summed E-state index contributed by atoms with van der Waals surface area (Å²) < 4.78 is 26.1. The Morgan fingerprint density at radius 2 is 0.365 bits per heavy atom. The molecule has 8 heteroatoms. The molecule has 0 aliphatic carbocycles. The summed E-state index contributed by atoms with van der Waals surface area (Å²) in [4.78, 5) is 9.74. The van der Waals surface area contributed by atoms with Gasteiger partial charge in [-0.2, -0.15) is 0 Å². The lowest BCUT2D eigenvalue weighted by atomic mass is 9.89. The van der Waals surface area contributed by atoms with Crippen LogP contribution in [0.3, 0.4) is 0 Å². The normalized spacial score (nSPS) is 11.8. The second-order valence-electron chi connectivity index (χ2n) is 39.8. The summed E-state index contributed by atoms with van der Waals surface area (Å²) in [6.45, 7) is 13.5. The lowest BCUT2D eigenvalue weighted by molar-refractivity contribution is 0.669. The second kappa shape index (κ2) is 36.3. The van der Waals surface area contributed by atoms with E-state index in [4.69, 9.17) is 17.7 Å². The summed E-state index contributed by atoms with van der Waals surface area (Å²) in [5.74, 6) is 0.658. The molecule has 0 N–H and O–H groups in total. The molecular weight excluding hydrogens is 1800 g/mol. The van der Waals surface area contributed by atoms with Crippen molar-refractivity contribution in [3.8, 4) is 44.5 Å². The van der Waals surface area contributed by atoms with Crippen molar-refractivity contribution in [1.82, 2.24) is 0 Å². The predicted octanol–water partition coefficient (Wildman–Crippen LogP) is 41.3. The van der Waals surface area contributed by atoms with Crippen LogP contribution in [0, 0.1) is 13.8 Å². The van der Waals surface area contributed by atoms with Crippen molar-refractivity contribution in [2.45, 2.75) is 53.4 Å². The van der Waals surface area contributed by atoms with Crippen LogP contribution < -0.4 is 19.6 Å². The van der Waals surface area contributed by atoms with Crippen LogP contribution in [-0.2, 0) is 0 Å². The first-order chi connectivity index (χ1) is 72.9. The van der Waals surface area contributed by atoms with E-state index in [1.54, 1.807) is 0 Å². The Kier molecular flexibility index (Phi) is 21.6. The van der Waals surface area contributed by atoms with Gasteiger partial charge in [0.1, 0.15) is 44.7 Å². The number of hydrogen-bond donors (Lipinski definition) is 0. The fraction of sp³-hybridized carbons (Fsp3) is 0.0571. The van der Waals surface area contributed by atoms with Crippen LogP contribution in [0.1, 0.15) is 61.8 Å². The van der Waals surface area contributed by atoms with Crippen LogP contribution in [0.5, 0.6) is 0 Å². The van der Waals surface area contributed by atoms with Crippen LogP contribution in [-0.4, -0.2) is 0 Å². The number of para-hydroxylation sites is 12. The van der Waals surface area contributed by atoms with Crippen LogP contribution >= 0.6 is 0 Å². The van der Waals surface area contributed by atoms with Crippen molar-refractivity contribution in [2.24, 2.45) is 0 Å². The molecule has 0 atom stereocenters. The molecule has 4 heterocycles. The Hall–Kier alpha value is -18.8. The van der Waals surface area contributed by atoms with E-state index in [9.17, 15) is 0 Å². The van der Waals surface area contributed by atoms with E-state index < -0.39 is 0 Å². The summed E-state index contributed by atoms with van der Waals surface area (Å²) in [6, 6.07) is 176. The summed E-state index contributed by atoms with van der Waals surface area (Å²) in [6.07, 6.45) is 0. The van der Waals surface area contributed by atoms with E-state index in [-0.39, 0.29) is 0 Å². The smallest absolute Gasteiger partial charge is 0.143 e.